The third kappa shape index (κ3) is 3.51. The van der Waals surface area contributed by atoms with Gasteiger partial charge in [0.15, 0.2) is 0 Å². The van der Waals surface area contributed by atoms with Gasteiger partial charge in [-0.1, -0.05) is 0 Å². The number of primary amides is 1. The fraction of sp³-hybridized carbons (Fsp3) is 0.583. The summed E-state index contributed by atoms with van der Waals surface area (Å²) in [6.45, 7) is 1.68. The molecule has 1 saturated heterocycles. The van der Waals surface area contributed by atoms with Crippen molar-refractivity contribution in [2.24, 2.45) is 17.4 Å². The summed E-state index contributed by atoms with van der Waals surface area (Å²) in [5, 5.41) is 2.52. The average Bonchev–Trinajstić information content (AvgIpc) is 2.87. The number of piperidine rings is 1. The molecule has 1 aliphatic heterocycles. The Kier molecular flexibility index (Phi) is 4.49. The molecular formula is C12H18N4O2S. The molecule has 1 aromatic heterocycles. The standard InChI is InChI=1S/C12H18N4O2S/c13-6-11-15-9(7-19-11)12(18)16-3-1-8(2-4-16)5-10(14)17/h7-8H,1-6,13H2,(H2,14,17). The van der Waals surface area contributed by atoms with Crippen molar-refractivity contribution >= 4 is 23.2 Å². The number of amides is 2. The summed E-state index contributed by atoms with van der Waals surface area (Å²) in [4.78, 5) is 29.0. The minimum Gasteiger partial charge on any atom is -0.370 e. The molecule has 0 spiro atoms. The maximum Gasteiger partial charge on any atom is 0.273 e. The Labute approximate surface area is 115 Å². The fourth-order valence-electron chi connectivity index (χ4n) is 2.29. The third-order valence-corrected chi connectivity index (χ3v) is 4.21. The molecule has 19 heavy (non-hydrogen) atoms. The highest BCUT2D eigenvalue weighted by Crippen LogP contribution is 2.22. The van der Waals surface area contributed by atoms with Gasteiger partial charge in [-0.3, -0.25) is 9.59 Å². The first-order chi connectivity index (χ1) is 9.10. The Hall–Kier alpha value is -1.47. The molecule has 1 aromatic rings. The van der Waals surface area contributed by atoms with E-state index in [2.05, 4.69) is 4.98 Å². The maximum atomic E-state index is 12.2. The number of rotatable bonds is 4. The molecule has 0 unspecified atom stereocenters. The number of hydrogen-bond donors (Lipinski definition) is 2. The fourth-order valence-corrected chi connectivity index (χ4v) is 2.94. The van der Waals surface area contributed by atoms with E-state index in [4.69, 9.17) is 11.5 Å². The molecule has 4 N–H and O–H groups in total. The van der Waals surface area contributed by atoms with Gasteiger partial charge in [-0.05, 0) is 18.8 Å². The second kappa shape index (κ2) is 6.12. The maximum absolute atomic E-state index is 12.2. The van der Waals surface area contributed by atoms with Crippen molar-refractivity contribution in [2.75, 3.05) is 13.1 Å². The number of carbonyl (C=O) groups is 2. The van der Waals surface area contributed by atoms with Gasteiger partial charge in [0.25, 0.3) is 5.91 Å². The van der Waals surface area contributed by atoms with Gasteiger partial charge in [-0.2, -0.15) is 0 Å². The van der Waals surface area contributed by atoms with Gasteiger partial charge < -0.3 is 16.4 Å². The molecule has 2 rings (SSSR count). The molecule has 2 heterocycles. The van der Waals surface area contributed by atoms with Crippen LogP contribution in [0, 0.1) is 5.92 Å². The van der Waals surface area contributed by atoms with Gasteiger partial charge in [0.1, 0.15) is 10.7 Å². The summed E-state index contributed by atoms with van der Waals surface area (Å²) in [5.74, 6) is -0.0121. The number of thiazole rings is 1. The monoisotopic (exact) mass is 282 g/mol. The number of likely N-dealkylation sites (tertiary alicyclic amines) is 1. The number of aromatic nitrogens is 1. The first-order valence-electron chi connectivity index (χ1n) is 6.32. The van der Waals surface area contributed by atoms with E-state index >= 15 is 0 Å². The highest BCUT2D eigenvalue weighted by Gasteiger charge is 2.25. The summed E-state index contributed by atoms with van der Waals surface area (Å²) in [5.41, 5.74) is 11.1. The van der Waals surface area contributed by atoms with E-state index in [-0.39, 0.29) is 11.8 Å². The molecular weight excluding hydrogens is 264 g/mol. The van der Waals surface area contributed by atoms with Gasteiger partial charge in [0.05, 0.1) is 0 Å². The molecule has 1 fully saturated rings. The molecule has 6 nitrogen and oxygen atoms in total. The second-order valence-corrected chi connectivity index (χ2v) is 5.68. The Morgan fingerprint density at radius 3 is 2.63 bits per heavy atom. The zero-order valence-corrected chi connectivity index (χ0v) is 11.5. The largest absolute Gasteiger partial charge is 0.370 e. The van der Waals surface area contributed by atoms with Crippen LogP contribution in [0.1, 0.15) is 34.8 Å². The van der Waals surface area contributed by atoms with Crippen LogP contribution in [-0.2, 0) is 11.3 Å². The molecule has 7 heteroatoms. The summed E-state index contributed by atoms with van der Waals surface area (Å²) in [6.07, 6.45) is 2.06. The lowest BCUT2D eigenvalue weighted by Gasteiger charge is -2.31. The van der Waals surface area contributed by atoms with Crippen LogP contribution < -0.4 is 11.5 Å². The van der Waals surface area contributed by atoms with Crippen molar-refractivity contribution in [1.29, 1.82) is 0 Å². The van der Waals surface area contributed by atoms with Crippen molar-refractivity contribution in [3.8, 4) is 0 Å². The van der Waals surface area contributed by atoms with Crippen LogP contribution in [0.5, 0.6) is 0 Å². The van der Waals surface area contributed by atoms with E-state index in [1.807, 2.05) is 0 Å². The highest BCUT2D eigenvalue weighted by atomic mass is 32.1. The SMILES string of the molecule is NCc1nc(C(=O)N2CCC(CC(N)=O)CC2)cs1. The van der Waals surface area contributed by atoms with Crippen LogP contribution in [0.25, 0.3) is 0 Å². The zero-order chi connectivity index (χ0) is 13.8. The summed E-state index contributed by atoms with van der Waals surface area (Å²) in [7, 11) is 0. The van der Waals surface area contributed by atoms with Crippen molar-refractivity contribution in [1.82, 2.24) is 9.88 Å². The molecule has 104 valence electrons. The van der Waals surface area contributed by atoms with E-state index in [1.54, 1.807) is 10.3 Å². The van der Waals surface area contributed by atoms with E-state index < -0.39 is 0 Å². The number of hydrogen-bond acceptors (Lipinski definition) is 5. The van der Waals surface area contributed by atoms with E-state index in [1.165, 1.54) is 11.3 Å². The second-order valence-electron chi connectivity index (χ2n) is 4.74. The van der Waals surface area contributed by atoms with Crippen LogP contribution >= 0.6 is 11.3 Å². The molecule has 0 radical (unpaired) electrons. The molecule has 0 atom stereocenters. The van der Waals surface area contributed by atoms with Crippen LogP contribution in [0.15, 0.2) is 5.38 Å². The lowest BCUT2D eigenvalue weighted by Crippen LogP contribution is -2.39. The molecule has 1 aliphatic rings. The minimum absolute atomic E-state index is 0.0477. The van der Waals surface area contributed by atoms with Crippen LogP contribution in [-0.4, -0.2) is 34.8 Å². The van der Waals surface area contributed by atoms with Crippen LogP contribution in [0.4, 0.5) is 0 Å². The molecule has 0 saturated carbocycles. The Balaban J connectivity index is 1.90. The minimum atomic E-state index is -0.267. The van der Waals surface area contributed by atoms with Crippen molar-refractivity contribution < 1.29 is 9.59 Å². The highest BCUT2D eigenvalue weighted by molar-refractivity contribution is 7.09. The van der Waals surface area contributed by atoms with E-state index in [9.17, 15) is 9.59 Å². The zero-order valence-electron chi connectivity index (χ0n) is 10.7. The lowest BCUT2D eigenvalue weighted by atomic mass is 9.93. The van der Waals surface area contributed by atoms with Crippen LogP contribution in [0.2, 0.25) is 0 Å². The molecule has 0 aliphatic carbocycles. The predicted molar refractivity (Wildman–Crippen MR) is 72.4 cm³/mol. The number of carbonyl (C=O) groups excluding carboxylic acids is 2. The van der Waals surface area contributed by atoms with Gasteiger partial charge in [0.2, 0.25) is 5.91 Å². The summed E-state index contributed by atoms with van der Waals surface area (Å²) < 4.78 is 0. The van der Waals surface area contributed by atoms with Gasteiger partial charge in [0, 0.05) is 31.4 Å². The van der Waals surface area contributed by atoms with Gasteiger partial charge >= 0.3 is 0 Å². The van der Waals surface area contributed by atoms with Gasteiger partial charge in [-0.15, -0.1) is 11.3 Å². The summed E-state index contributed by atoms with van der Waals surface area (Å²) in [6, 6.07) is 0. The third-order valence-electron chi connectivity index (χ3n) is 3.34. The van der Waals surface area contributed by atoms with E-state index in [0.29, 0.717) is 37.7 Å². The van der Waals surface area contributed by atoms with Crippen LogP contribution in [0.3, 0.4) is 0 Å². The first kappa shape index (κ1) is 14.0. The predicted octanol–water partition coefficient (Wildman–Crippen LogP) is 0.329. The van der Waals surface area contributed by atoms with E-state index in [0.717, 1.165) is 17.8 Å². The van der Waals surface area contributed by atoms with Crippen molar-refractivity contribution in [3.63, 3.8) is 0 Å². The van der Waals surface area contributed by atoms with Crippen molar-refractivity contribution in [3.05, 3.63) is 16.1 Å². The molecule has 0 aromatic carbocycles. The average molecular weight is 282 g/mol. The smallest absolute Gasteiger partial charge is 0.273 e. The van der Waals surface area contributed by atoms with Crippen molar-refractivity contribution in [2.45, 2.75) is 25.8 Å². The normalized spacial score (nSPS) is 16.6. The number of nitrogens with two attached hydrogens (primary N) is 2. The first-order valence-corrected chi connectivity index (χ1v) is 7.20. The van der Waals surface area contributed by atoms with Gasteiger partial charge in [-0.25, -0.2) is 4.98 Å². The lowest BCUT2D eigenvalue weighted by molar-refractivity contribution is -0.119. The Morgan fingerprint density at radius 2 is 2.11 bits per heavy atom. The Morgan fingerprint density at radius 1 is 1.42 bits per heavy atom. The Bertz CT molecular complexity index is 466. The quantitative estimate of drug-likeness (QED) is 0.830. The summed E-state index contributed by atoms with van der Waals surface area (Å²) >= 11 is 1.41. The topological polar surface area (TPSA) is 102 Å². The number of nitrogens with zero attached hydrogens (tertiary/aromatic N) is 2. The molecule has 2 amide bonds. The molecule has 0 bridgehead atoms.